The molecule has 14 heteroatoms. The van der Waals surface area contributed by atoms with Gasteiger partial charge in [0.2, 0.25) is 0 Å². The summed E-state index contributed by atoms with van der Waals surface area (Å²) in [5.41, 5.74) is 5.25. The van der Waals surface area contributed by atoms with Gasteiger partial charge in [0, 0.05) is 30.5 Å². The zero-order valence-electron chi connectivity index (χ0n) is 18.7. The van der Waals surface area contributed by atoms with E-state index in [9.17, 15) is 28.1 Å². The van der Waals surface area contributed by atoms with Crippen LogP contribution in [0, 0.1) is 10.1 Å². The summed E-state index contributed by atoms with van der Waals surface area (Å²) in [6, 6.07) is 5.65. The third-order valence-corrected chi connectivity index (χ3v) is 6.00. The lowest BCUT2D eigenvalue weighted by molar-refractivity contribution is -0.389. The minimum Gasteiger partial charge on any atom is -0.446 e. The summed E-state index contributed by atoms with van der Waals surface area (Å²) >= 11 is 0. The van der Waals surface area contributed by atoms with E-state index in [1.807, 2.05) is 6.92 Å². The lowest BCUT2D eigenvalue weighted by Crippen LogP contribution is -2.53. The van der Waals surface area contributed by atoms with E-state index in [-0.39, 0.29) is 23.6 Å². The van der Waals surface area contributed by atoms with Gasteiger partial charge in [0.1, 0.15) is 23.7 Å². The van der Waals surface area contributed by atoms with E-state index in [1.165, 1.54) is 18.3 Å². The summed E-state index contributed by atoms with van der Waals surface area (Å²) in [5.74, 6) is -0.602. The van der Waals surface area contributed by atoms with Gasteiger partial charge >= 0.3 is 24.3 Å². The van der Waals surface area contributed by atoms with Crippen molar-refractivity contribution in [3.63, 3.8) is 0 Å². The van der Waals surface area contributed by atoms with Crippen molar-refractivity contribution >= 4 is 11.9 Å². The van der Waals surface area contributed by atoms with Crippen LogP contribution in [-0.4, -0.2) is 62.7 Å². The van der Waals surface area contributed by atoms with Gasteiger partial charge in [0.25, 0.3) is 0 Å². The van der Waals surface area contributed by atoms with E-state index in [0.717, 1.165) is 5.56 Å². The van der Waals surface area contributed by atoms with Crippen LogP contribution in [-0.2, 0) is 17.7 Å². The van der Waals surface area contributed by atoms with E-state index < -0.39 is 29.1 Å². The highest BCUT2D eigenvalue weighted by molar-refractivity contribution is 5.64. The molecule has 0 saturated carbocycles. The fourth-order valence-electron chi connectivity index (χ4n) is 4.65. The molecule has 0 spiro atoms. The van der Waals surface area contributed by atoms with Gasteiger partial charge < -0.3 is 30.1 Å². The smallest absolute Gasteiger partial charge is 0.446 e. The number of hydrogen-bond donors (Lipinski definition) is 1. The van der Waals surface area contributed by atoms with Gasteiger partial charge in [-0.3, -0.25) is 9.47 Å². The van der Waals surface area contributed by atoms with Crippen LogP contribution in [0.2, 0.25) is 0 Å². The molecule has 190 valence electrons. The minimum atomic E-state index is -4.77. The number of carbonyl (C=O) groups excluding carboxylic acids is 1. The van der Waals surface area contributed by atoms with E-state index in [4.69, 9.17) is 15.2 Å². The van der Waals surface area contributed by atoms with Crippen molar-refractivity contribution in [3.8, 4) is 11.8 Å². The number of fused-ring (bicyclic) bond motifs is 1. The Morgan fingerprint density at radius 1 is 1.37 bits per heavy atom. The molecule has 2 unspecified atom stereocenters. The Bertz CT molecular complexity index is 1070. The molecule has 3 heterocycles. The molecular formula is C21H24F3N5O6. The van der Waals surface area contributed by atoms with E-state index in [0.29, 0.717) is 38.9 Å². The zero-order valence-corrected chi connectivity index (χ0v) is 18.7. The second kappa shape index (κ2) is 9.24. The number of carbonyl (C=O) groups is 1. The molecule has 1 fully saturated rings. The van der Waals surface area contributed by atoms with E-state index in [2.05, 4.69) is 14.6 Å². The number of amides is 1. The quantitative estimate of drug-likeness (QED) is 0.454. The number of piperidine rings is 1. The molecule has 2 aromatic rings. The first-order chi connectivity index (χ1) is 16.4. The number of aromatic nitrogens is 2. The summed E-state index contributed by atoms with van der Waals surface area (Å²) < 4.78 is 54.0. The van der Waals surface area contributed by atoms with Crippen LogP contribution in [0.3, 0.4) is 0 Å². The first-order valence-corrected chi connectivity index (χ1v) is 10.8. The van der Waals surface area contributed by atoms with Crippen LogP contribution < -0.4 is 15.2 Å². The van der Waals surface area contributed by atoms with Crippen LogP contribution in [0.5, 0.6) is 11.8 Å². The molecule has 1 saturated heterocycles. The second-order valence-electron chi connectivity index (χ2n) is 8.92. The highest BCUT2D eigenvalue weighted by Crippen LogP contribution is 2.34. The Hall–Kier alpha value is -3.55. The van der Waals surface area contributed by atoms with Gasteiger partial charge in [-0.05, 0) is 42.4 Å². The van der Waals surface area contributed by atoms with Crippen molar-refractivity contribution in [2.45, 2.75) is 56.8 Å². The highest BCUT2D eigenvalue weighted by atomic mass is 19.4. The number of hydrogen-bond acceptors (Lipinski definition) is 8. The van der Waals surface area contributed by atoms with Crippen LogP contribution in [0.1, 0.15) is 25.3 Å². The van der Waals surface area contributed by atoms with Crippen LogP contribution in [0.25, 0.3) is 0 Å². The second-order valence-corrected chi connectivity index (χ2v) is 8.92. The first-order valence-electron chi connectivity index (χ1n) is 10.8. The fourth-order valence-corrected chi connectivity index (χ4v) is 4.65. The molecule has 0 radical (unpaired) electrons. The van der Waals surface area contributed by atoms with Crippen molar-refractivity contribution < 1.29 is 37.1 Å². The number of ether oxygens (including phenoxy) is 3. The Morgan fingerprint density at radius 2 is 2.09 bits per heavy atom. The lowest BCUT2D eigenvalue weighted by atomic mass is 9.92. The minimum absolute atomic E-state index is 0.134. The summed E-state index contributed by atoms with van der Waals surface area (Å²) in [6.07, 6.45) is -3.22. The van der Waals surface area contributed by atoms with Gasteiger partial charge in [-0.1, -0.05) is 12.1 Å². The topological polar surface area (TPSA) is 135 Å². The van der Waals surface area contributed by atoms with E-state index in [1.54, 1.807) is 16.7 Å². The molecule has 3 atom stereocenters. The predicted octanol–water partition coefficient (Wildman–Crippen LogP) is 3.01. The molecule has 1 aromatic heterocycles. The van der Waals surface area contributed by atoms with Gasteiger partial charge in [-0.2, -0.15) is 0 Å². The largest absolute Gasteiger partial charge is 0.573 e. The highest BCUT2D eigenvalue weighted by Gasteiger charge is 2.43. The standard InChI is InChI=1S/C21H24F3N5O6/c1-20(12-28-10-17(29(31)32)26-19(28)35-20)11-27-7-6-16(33-18(25)30)9-14(27)8-13-2-4-15(5-3-13)34-21(22,23)24/h2-5,10,14,16H,6-9,11-12H2,1H3,(H2,25,30)/t14-,16?,20?/m0/s1. The molecular weight excluding hydrogens is 475 g/mol. The van der Waals surface area contributed by atoms with Crippen LogP contribution in [0.4, 0.5) is 23.8 Å². The van der Waals surface area contributed by atoms with Gasteiger partial charge in [0.15, 0.2) is 0 Å². The average Bonchev–Trinajstić information content (AvgIpc) is 3.25. The monoisotopic (exact) mass is 499 g/mol. The fraction of sp³-hybridized carbons (Fsp3) is 0.524. The average molecular weight is 499 g/mol. The van der Waals surface area contributed by atoms with Gasteiger partial charge in [-0.15, -0.1) is 13.2 Å². The maximum Gasteiger partial charge on any atom is 0.573 e. The molecule has 2 N–H and O–H groups in total. The van der Waals surface area contributed by atoms with Crippen molar-refractivity contribution in [2.24, 2.45) is 5.73 Å². The Balaban J connectivity index is 1.46. The first kappa shape index (κ1) is 24.6. The number of nitro groups is 1. The zero-order chi connectivity index (χ0) is 25.4. The molecule has 35 heavy (non-hydrogen) atoms. The Morgan fingerprint density at radius 3 is 2.69 bits per heavy atom. The molecule has 2 aliphatic heterocycles. The number of likely N-dealkylation sites (tertiary alicyclic amines) is 1. The number of nitrogens with zero attached hydrogens (tertiary/aromatic N) is 4. The molecule has 0 aliphatic carbocycles. The number of imidazole rings is 1. The molecule has 0 bridgehead atoms. The third-order valence-electron chi connectivity index (χ3n) is 6.00. The van der Waals surface area contributed by atoms with E-state index >= 15 is 0 Å². The predicted molar refractivity (Wildman–Crippen MR) is 114 cm³/mol. The number of rotatable bonds is 7. The van der Waals surface area contributed by atoms with Crippen LogP contribution >= 0.6 is 0 Å². The molecule has 1 amide bonds. The number of nitrogens with two attached hydrogens (primary N) is 1. The van der Waals surface area contributed by atoms with Crippen molar-refractivity contribution in [3.05, 3.63) is 46.1 Å². The van der Waals surface area contributed by atoms with Crippen molar-refractivity contribution in [1.82, 2.24) is 14.5 Å². The van der Waals surface area contributed by atoms with Crippen molar-refractivity contribution in [2.75, 3.05) is 13.1 Å². The maximum atomic E-state index is 12.4. The van der Waals surface area contributed by atoms with Gasteiger partial charge in [-0.25, -0.2) is 4.79 Å². The normalized spacial score (nSPS) is 24.5. The number of alkyl halides is 3. The molecule has 1 aromatic carbocycles. The molecule has 2 aliphatic rings. The molecule has 4 rings (SSSR count). The Kier molecular flexibility index (Phi) is 6.49. The van der Waals surface area contributed by atoms with Crippen LogP contribution in [0.15, 0.2) is 30.5 Å². The number of benzene rings is 1. The lowest BCUT2D eigenvalue weighted by Gasteiger charge is -2.42. The SMILES string of the molecule is CC1(CN2CCC(OC(N)=O)C[C@@H]2Cc2ccc(OC(F)(F)F)cc2)Cn2cc([N+](=O)[O-])nc2O1. The van der Waals surface area contributed by atoms with Crippen molar-refractivity contribution in [1.29, 1.82) is 0 Å². The summed E-state index contributed by atoms with van der Waals surface area (Å²) in [4.78, 5) is 27.7. The summed E-state index contributed by atoms with van der Waals surface area (Å²) in [5, 5.41) is 11.0. The third kappa shape index (κ3) is 6.12. The summed E-state index contributed by atoms with van der Waals surface area (Å²) in [6.45, 7) is 3.24. The molecule has 11 nitrogen and oxygen atoms in total. The number of halogens is 3. The van der Waals surface area contributed by atoms with Gasteiger partial charge in [0.05, 0.1) is 6.54 Å². The maximum absolute atomic E-state index is 12.4. The summed E-state index contributed by atoms with van der Waals surface area (Å²) in [7, 11) is 0. The number of primary amides is 1. The Labute approximate surface area is 197 Å².